The third-order valence-corrected chi connectivity index (χ3v) is 5.07. The third kappa shape index (κ3) is 5.99. The van der Waals surface area contributed by atoms with Crippen LogP contribution in [0.1, 0.15) is 36.5 Å². The number of hydrogen-bond acceptors (Lipinski definition) is 6. The molecule has 1 aromatic heterocycles. The molecule has 0 fully saturated rings. The Morgan fingerprint density at radius 2 is 2.17 bits per heavy atom. The number of nitro groups is 1. The summed E-state index contributed by atoms with van der Waals surface area (Å²) in [7, 11) is 3.42. The zero-order chi connectivity index (χ0) is 21.3. The van der Waals surface area contributed by atoms with Crippen molar-refractivity contribution in [3.8, 4) is 0 Å². The van der Waals surface area contributed by atoms with Crippen LogP contribution in [-0.4, -0.2) is 52.4 Å². The SMILES string of the molecule is CN=C(NCCCCc1ccc([N+](=O)[O-])cc1)NC1CCc2nc(COC)nn2C1. The number of aromatic nitrogens is 3. The zero-order valence-corrected chi connectivity index (χ0v) is 17.5. The highest BCUT2D eigenvalue weighted by Crippen LogP contribution is 2.14. The lowest BCUT2D eigenvalue weighted by Gasteiger charge is -2.25. The van der Waals surface area contributed by atoms with Crippen LogP contribution < -0.4 is 10.6 Å². The van der Waals surface area contributed by atoms with E-state index in [0.29, 0.717) is 6.61 Å². The second kappa shape index (κ2) is 10.7. The average molecular weight is 415 g/mol. The number of aryl methyl sites for hydroxylation is 2. The van der Waals surface area contributed by atoms with Crippen molar-refractivity contribution in [1.82, 2.24) is 25.4 Å². The highest BCUT2D eigenvalue weighted by Gasteiger charge is 2.22. The Bertz CT molecular complexity index is 864. The lowest BCUT2D eigenvalue weighted by atomic mass is 10.1. The van der Waals surface area contributed by atoms with Crippen molar-refractivity contribution in [1.29, 1.82) is 0 Å². The molecule has 1 unspecified atom stereocenters. The predicted octanol–water partition coefficient (Wildman–Crippen LogP) is 1.84. The molecule has 0 radical (unpaired) electrons. The summed E-state index contributed by atoms with van der Waals surface area (Å²) in [5.41, 5.74) is 1.24. The maximum Gasteiger partial charge on any atom is 0.269 e. The molecule has 10 nitrogen and oxygen atoms in total. The second-order valence-electron chi connectivity index (χ2n) is 7.32. The highest BCUT2D eigenvalue weighted by molar-refractivity contribution is 5.79. The summed E-state index contributed by atoms with van der Waals surface area (Å²) in [6.07, 6.45) is 4.73. The van der Waals surface area contributed by atoms with Gasteiger partial charge in [-0.15, -0.1) is 0 Å². The first-order valence-electron chi connectivity index (χ1n) is 10.2. The number of guanidine groups is 1. The van der Waals surface area contributed by atoms with Crippen LogP contribution in [0.5, 0.6) is 0 Å². The van der Waals surface area contributed by atoms with Gasteiger partial charge in [-0.05, 0) is 31.2 Å². The molecule has 1 aliphatic heterocycles. The Hall–Kier alpha value is -3.01. The fourth-order valence-electron chi connectivity index (χ4n) is 3.50. The molecule has 1 aromatic carbocycles. The van der Waals surface area contributed by atoms with Crippen molar-refractivity contribution in [2.75, 3.05) is 20.7 Å². The van der Waals surface area contributed by atoms with Gasteiger partial charge >= 0.3 is 0 Å². The number of unbranched alkanes of at least 4 members (excludes halogenated alkanes) is 1. The predicted molar refractivity (Wildman–Crippen MR) is 113 cm³/mol. The number of rotatable bonds is 9. The minimum Gasteiger partial charge on any atom is -0.377 e. The van der Waals surface area contributed by atoms with Crippen molar-refractivity contribution in [3.05, 3.63) is 51.6 Å². The number of aliphatic imine (C=N–C) groups is 1. The third-order valence-electron chi connectivity index (χ3n) is 5.07. The number of ether oxygens (including phenoxy) is 1. The minimum absolute atomic E-state index is 0.130. The first kappa shape index (κ1) is 21.7. The first-order valence-corrected chi connectivity index (χ1v) is 10.2. The van der Waals surface area contributed by atoms with Crippen molar-refractivity contribution < 1.29 is 9.66 Å². The van der Waals surface area contributed by atoms with Crippen molar-refractivity contribution >= 4 is 11.6 Å². The van der Waals surface area contributed by atoms with E-state index in [1.165, 1.54) is 0 Å². The summed E-state index contributed by atoms with van der Waals surface area (Å²) in [4.78, 5) is 19.2. The lowest BCUT2D eigenvalue weighted by Crippen LogP contribution is -2.47. The molecule has 162 valence electrons. The number of non-ortho nitro benzene ring substituents is 1. The summed E-state index contributed by atoms with van der Waals surface area (Å²) < 4.78 is 7.06. The fraction of sp³-hybridized carbons (Fsp3) is 0.550. The number of fused-ring (bicyclic) bond motifs is 1. The van der Waals surface area contributed by atoms with Gasteiger partial charge in [-0.1, -0.05) is 12.1 Å². The van der Waals surface area contributed by atoms with Gasteiger partial charge in [0.05, 0.1) is 11.5 Å². The number of methoxy groups -OCH3 is 1. The van der Waals surface area contributed by atoms with E-state index in [1.54, 1.807) is 26.3 Å². The van der Waals surface area contributed by atoms with E-state index < -0.39 is 0 Å². The van der Waals surface area contributed by atoms with Gasteiger partial charge in [0.15, 0.2) is 11.8 Å². The number of nitro benzene ring substituents is 1. The van der Waals surface area contributed by atoms with E-state index in [0.717, 1.165) is 68.4 Å². The molecule has 30 heavy (non-hydrogen) atoms. The Kier molecular flexibility index (Phi) is 7.72. The van der Waals surface area contributed by atoms with E-state index in [9.17, 15) is 10.1 Å². The topological polar surface area (TPSA) is 120 Å². The highest BCUT2D eigenvalue weighted by atomic mass is 16.6. The molecule has 2 heterocycles. The molecule has 10 heteroatoms. The van der Waals surface area contributed by atoms with Gasteiger partial charge in [0.1, 0.15) is 12.4 Å². The van der Waals surface area contributed by atoms with E-state index in [2.05, 4.69) is 25.7 Å². The quantitative estimate of drug-likeness (QED) is 0.211. The normalized spacial score (nSPS) is 16.2. The number of hydrogen-bond donors (Lipinski definition) is 2. The number of nitrogens with zero attached hydrogens (tertiary/aromatic N) is 5. The number of nitrogens with one attached hydrogen (secondary N) is 2. The van der Waals surface area contributed by atoms with Gasteiger partial charge in [-0.2, -0.15) is 5.10 Å². The minimum atomic E-state index is -0.374. The summed E-state index contributed by atoms with van der Waals surface area (Å²) in [5.74, 6) is 2.52. The molecule has 2 aromatic rings. The lowest BCUT2D eigenvalue weighted by molar-refractivity contribution is -0.384. The summed E-state index contributed by atoms with van der Waals surface area (Å²) in [5, 5.41) is 22.0. The molecule has 0 saturated carbocycles. The van der Waals surface area contributed by atoms with Crippen LogP contribution in [0.4, 0.5) is 5.69 Å². The maximum atomic E-state index is 10.7. The molecule has 1 aliphatic rings. The molecule has 0 saturated heterocycles. The van der Waals surface area contributed by atoms with Gasteiger partial charge in [0, 0.05) is 45.3 Å². The van der Waals surface area contributed by atoms with Crippen LogP contribution in [-0.2, 0) is 30.7 Å². The summed E-state index contributed by atoms with van der Waals surface area (Å²) in [6.45, 7) is 2.00. The number of benzene rings is 1. The van der Waals surface area contributed by atoms with Crippen LogP contribution in [0.25, 0.3) is 0 Å². The van der Waals surface area contributed by atoms with Gasteiger partial charge in [0.25, 0.3) is 5.69 Å². The van der Waals surface area contributed by atoms with Crippen molar-refractivity contribution in [3.63, 3.8) is 0 Å². The van der Waals surface area contributed by atoms with E-state index in [-0.39, 0.29) is 16.7 Å². The average Bonchev–Trinajstić information content (AvgIpc) is 3.15. The van der Waals surface area contributed by atoms with Crippen LogP contribution in [0.15, 0.2) is 29.3 Å². The molecular weight excluding hydrogens is 386 g/mol. The molecule has 0 amide bonds. The summed E-state index contributed by atoms with van der Waals surface area (Å²) in [6, 6.07) is 7.02. The Morgan fingerprint density at radius 3 is 2.87 bits per heavy atom. The van der Waals surface area contributed by atoms with Crippen molar-refractivity contribution in [2.45, 2.75) is 51.3 Å². The van der Waals surface area contributed by atoms with Gasteiger partial charge in [0.2, 0.25) is 0 Å². The first-order chi connectivity index (χ1) is 14.6. The van der Waals surface area contributed by atoms with Crippen LogP contribution in [0.3, 0.4) is 0 Å². The van der Waals surface area contributed by atoms with Crippen molar-refractivity contribution in [2.24, 2.45) is 4.99 Å². The smallest absolute Gasteiger partial charge is 0.269 e. The Balaban J connectivity index is 1.37. The molecular formula is C20H29N7O3. The standard InChI is InChI=1S/C20H29N7O3/c1-21-20(22-12-4-3-5-15-6-9-17(10-7-15)27(28)29)23-16-8-11-19-24-18(14-30-2)25-26(19)13-16/h6-7,9-10,16H,3-5,8,11-14H2,1-2H3,(H2,21,22,23). The molecule has 1 atom stereocenters. The maximum absolute atomic E-state index is 10.7. The van der Waals surface area contributed by atoms with E-state index >= 15 is 0 Å². The molecule has 0 aliphatic carbocycles. The molecule has 0 spiro atoms. The molecule has 3 rings (SSSR count). The molecule has 2 N–H and O–H groups in total. The van der Waals surface area contributed by atoms with Gasteiger partial charge in [-0.3, -0.25) is 15.1 Å². The summed E-state index contributed by atoms with van der Waals surface area (Å²) >= 11 is 0. The zero-order valence-electron chi connectivity index (χ0n) is 17.5. The van der Waals surface area contributed by atoms with E-state index in [4.69, 9.17) is 4.74 Å². The van der Waals surface area contributed by atoms with E-state index in [1.807, 2.05) is 16.8 Å². The Morgan fingerprint density at radius 1 is 1.37 bits per heavy atom. The monoisotopic (exact) mass is 415 g/mol. The Labute approximate surface area is 175 Å². The second-order valence-corrected chi connectivity index (χ2v) is 7.32. The van der Waals surface area contributed by atoms with Crippen LogP contribution in [0, 0.1) is 10.1 Å². The molecule has 0 bridgehead atoms. The fourth-order valence-corrected chi connectivity index (χ4v) is 3.50. The largest absolute Gasteiger partial charge is 0.377 e. The van der Waals surface area contributed by atoms with Gasteiger partial charge < -0.3 is 15.4 Å². The van der Waals surface area contributed by atoms with Crippen LogP contribution >= 0.6 is 0 Å². The van der Waals surface area contributed by atoms with Crippen LogP contribution in [0.2, 0.25) is 0 Å². The van der Waals surface area contributed by atoms with Gasteiger partial charge in [-0.25, -0.2) is 9.67 Å².